The molecule has 0 aliphatic carbocycles. The monoisotopic (exact) mass is 295 g/mol. The second-order valence-electron chi connectivity index (χ2n) is 5.88. The van der Waals surface area contributed by atoms with Gasteiger partial charge in [0.1, 0.15) is 0 Å². The molecule has 0 amide bonds. The summed E-state index contributed by atoms with van der Waals surface area (Å²) in [5.41, 5.74) is 1.16. The molecule has 0 heterocycles. The highest BCUT2D eigenvalue weighted by molar-refractivity contribution is 5.43. The minimum atomic E-state index is -0.0767. The third-order valence-corrected chi connectivity index (χ3v) is 3.99. The zero-order chi connectivity index (χ0) is 15.9. The van der Waals surface area contributed by atoms with Crippen molar-refractivity contribution in [1.82, 2.24) is 5.32 Å². The number of hydrogen-bond donors (Lipinski definition) is 1. The standard InChI is InChI=1S/C17H29NO3/c1-17(2,21-6)10-9-14(18-3)11-13-7-8-15(19-4)16(12-13)20-5/h7-8,12,14,18H,9-11H2,1-6H3. The van der Waals surface area contributed by atoms with Gasteiger partial charge in [-0.1, -0.05) is 6.07 Å². The van der Waals surface area contributed by atoms with Crippen LogP contribution in [0.1, 0.15) is 32.3 Å². The van der Waals surface area contributed by atoms with Crippen LogP contribution in [0.4, 0.5) is 0 Å². The van der Waals surface area contributed by atoms with E-state index in [9.17, 15) is 0 Å². The van der Waals surface area contributed by atoms with Crippen LogP contribution in [0.3, 0.4) is 0 Å². The van der Waals surface area contributed by atoms with E-state index < -0.39 is 0 Å². The summed E-state index contributed by atoms with van der Waals surface area (Å²) < 4.78 is 16.1. The lowest BCUT2D eigenvalue weighted by molar-refractivity contribution is 0.0119. The number of methoxy groups -OCH3 is 3. The van der Waals surface area contributed by atoms with Gasteiger partial charge < -0.3 is 19.5 Å². The number of benzene rings is 1. The van der Waals surface area contributed by atoms with Gasteiger partial charge in [0.25, 0.3) is 0 Å². The molecular formula is C17H29NO3. The van der Waals surface area contributed by atoms with Crippen molar-refractivity contribution in [2.45, 2.75) is 44.8 Å². The van der Waals surface area contributed by atoms with E-state index in [1.165, 1.54) is 5.56 Å². The first kappa shape index (κ1) is 17.8. The van der Waals surface area contributed by atoms with Crippen molar-refractivity contribution in [1.29, 1.82) is 0 Å². The van der Waals surface area contributed by atoms with Crippen molar-refractivity contribution >= 4 is 0 Å². The fourth-order valence-corrected chi connectivity index (χ4v) is 2.26. The van der Waals surface area contributed by atoms with E-state index in [-0.39, 0.29) is 5.60 Å². The van der Waals surface area contributed by atoms with Crippen molar-refractivity contribution in [3.8, 4) is 11.5 Å². The summed E-state index contributed by atoms with van der Waals surface area (Å²) in [6, 6.07) is 6.51. The summed E-state index contributed by atoms with van der Waals surface area (Å²) in [7, 11) is 7.09. The Morgan fingerprint density at radius 2 is 1.76 bits per heavy atom. The van der Waals surface area contributed by atoms with Crippen molar-refractivity contribution < 1.29 is 14.2 Å². The minimum absolute atomic E-state index is 0.0767. The molecule has 0 radical (unpaired) electrons. The van der Waals surface area contributed by atoms with Crippen molar-refractivity contribution in [3.05, 3.63) is 23.8 Å². The molecule has 0 spiro atoms. The van der Waals surface area contributed by atoms with Crippen LogP contribution in [-0.4, -0.2) is 40.0 Å². The third kappa shape index (κ3) is 5.56. The Labute approximate surface area is 128 Å². The molecule has 1 aromatic carbocycles. The normalized spacial score (nSPS) is 13.0. The highest BCUT2D eigenvalue weighted by Crippen LogP contribution is 2.28. The number of hydrogen-bond acceptors (Lipinski definition) is 4. The van der Waals surface area contributed by atoms with Crippen LogP contribution in [0.25, 0.3) is 0 Å². The zero-order valence-electron chi connectivity index (χ0n) is 14.2. The lowest BCUT2D eigenvalue weighted by atomic mass is 9.95. The van der Waals surface area contributed by atoms with E-state index in [0.29, 0.717) is 6.04 Å². The Bertz CT molecular complexity index is 432. The molecule has 1 aromatic rings. The fraction of sp³-hybridized carbons (Fsp3) is 0.647. The number of nitrogens with one attached hydrogen (secondary N) is 1. The van der Waals surface area contributed by atoms with Crippen LogP contribution in [0.5, 0.6) is 11.5 Å². The molecule has 0 saturated carbocycles. The lowest BCUT2D eigenvalue weighted by Crippen LogP contribution is -2.32. The first-order chi connectivity index (χ1) is 9.95. The molecule has 4 nitrogen and oxygen atoms in total. The molecule has 1 unspecified atom stereocenters. The molecular weight excluding hydrogens is 266 g/mol. The summed E-state index contributed by atoms with van der Waals surface area (Å²) in [4.78, 5) is 0. The second kappa shape index (κ2) is 8.25. The highest BCUT2D eigenvalue weighted by atomic mass is 16.5. The molecule has 0 aliphatic rings. The van der Waals surface area contributed by atoms with Crippen LogP contribution in [0, 0.1) is 0 Å². The van der Waals surface area contributed by atoms with E-state index >= 15 is 0 Å². The van der Waals surface area contributed by atoms with E-state index in [0.717, 1.165) is 30.8 Å². The first-order valence-corrected chi connectivity index (χ1v) is 7.39. The van der Waals surface area contributed by atoms with Crippen LogP contribution in [0.15, 0.2) is 18.2 Å². The molecule has 120 valence electrons. The average molecular weight is 295 g/mol. The fourth-order valence-electron chi connectivity index (χ4n) is 2.26. The number of rotatable bonds is 9. The maximum Gasteiger partial charge on any atom is 0.160 e. The molecule has 0 bridgehead atoms. The molecule has 21 heavy (non-hydrogen) atoms. The smallest absolute Gasteiger partial charge is 0.160 e. The Morgan fingerprint density at radius 1 is 1.10 bits per heavy atom. The van der Waals surface area contributed by atoms with Gasteiger partial charge in [0, 0.05) is 13.2 Å². The molecule has 0 aliphatic heterocycles. The average Bonchev–Trinajstić information content (AvgIpc) is 2.51. The van der Waals surface area contributed by atoms with Gasteiger partial charge in [0.15, 0.2) is 11.5 Å². The SMILES string of the molecule is CNC(CCC(C)(C)OC)Cc1ccc(OC)c(OC)c1. The van der Waals surface area contributed by atoms with Gasteiger partial charge in [-0.05, 0) is 57.9 Å². The van der Waals surface area contributed by atoms with E-state index in [1.54, 1.807) is 21.3 Å². The Balaban J connectivity index is 2.69. The summed E-state index contributed by atoms with van der Waals surface area (Å²) >= 11 is 0. The topological polar surface area (TPSA) is 39.7 Å². The molecule has 0 saturated heterocycles. The second-order valence-corrected chi connectivity index (χ2v) is 5.88. The molecule has 1 N–H and O–H groups in total. The molecule has 1 rings (SSSR count). The summed E-state index contributed by atoms with van der Waals surface area (Å²) in [5.74, 6) is 1.55. The van der Waals surface area contributed by atoms with Crippen LogP contribution >= 0.6 is 0 Å². The summed E-state index contributed by atoms with van der Waals surface area (Å²) in [6.07, 6.45) is 3.03. The van der Waals surface area contributed by atoms with Gasteiger partial charge in [-0.2, -0.15) is 0 Å². The third-order valence-electron chi connectivity index (χ3n) is 3.99. The van der Waals surface area contributed by atoms with Gasteiger partial charge in [-0.25, -0.2) is 0 Å². The minimum Gasteiger partial charge on any atom is -0.493 e. The summed E-state index contributed by atoms with van der Waals surface area (Å²) in [5, 5.41) is 3.39. The Morgan fingerprint density at radius 3 is 2.29 bits per heavy atom. The Kier molecular flexibility index (Phi) is 6.99. The van der Waals surface area contributed by atoms with Gasteiger partial charge in [-0.3, -0.25) is 0 Å². The van der Waals surface area contributed by atoms with E-state index in [2.05, 4.69) is 25.2 Å². The van der Waals surface area contributed by atoms with Gasteiger partial charge in [0.05, 0.1) is 19.8 Å². The van der Waals surface area contributed by atoms with E-state index in [4.69, 9.17) is 14.2 Å². The molecule has 4 heteroatoms. The predicted octanol–water partition coefficient (Wildman–Crippen LogP) is 3.04. The quantitative estimate of drug-likeness (QED) is 0.760. The molecule has 1 atom stereocenters. The predicted molar refractivity (Wildman–Crippen MR) is 86.4 cm³/mol. The highest BCUT2D eigenvalue weighted by Gasteiger charge is 2.19. The maximum atomic E-state index is 5.49. The largest absolute Gasteiger partial charge is 0.493 e. The molecule has 0 fully saturated rings. The van der Waals surface area contributed by atoms with Gasteiger partial charge in [-0.15, -0.1) is 0 Å². The van der Waals surface area contributed by atoms with Crippen molar-refractivity contribution in [3.63, 3.8) is 0 Å². The summed E-state index contributed by atoms with van der Waals surface area (Å²) in [6.45, 7) is 4.24. The van der Waals surface area contributed by atoms with Crippen molar-refractivity contribution in [2.24, 2.45) is 0 Å². The van der Waals surface area contributed by atoms with Crippen molar-refractivity contribution in [2.75, 3.05) is 28.4 Å². The van der Waals surface area contributed by atoms with Gasteiger partial charge >= 0.3 is 0 Å². The van der Waals surface area contributed by atoms with E-state index in [1.807, 2.05) is 19.2 Å². The number of ether oxygens (including phenoxy) is 3. The van der Waals surface area contributed by atoms with Gasteiger partial charge in [0.2, 0.25) is 0 Å². The zero-order valence-corrected chi connectivity index (χ0v) is 14.2. The lowest BCUT2D eigenvalue weighted by Gasteiger charge is -2.26. The maximum absolute atomic E-state index is 5.49. The number of likely N-dealkylation sites (N-methyl/N-ethyl adjacent to an activating group) is 1. The molecule has 0 aromatic heterocycles. The van der Waals surface area contributed by atoms with Crippen LogP contribution in [0.2, 0.25) is 0 Å². The Hall–Kier alpha value is -1.26. The van der Waals surface area contributed by atoms with Crippen LogP contribution < -0.4 is 14.8 Å². The first-order valence-electron chi connectivity index (χ1n) is 7.39. The van der Waals surface area contributed by atoms with Crippen LogP contribution in [-0.2, 0) is 11.2 Å².